The van der Waals surface area contributed by atoms with E-state index in [1.165, 1.54) is 19.3 Å². The van der Waals surface area contributed by atoms with Crippen LogP contribution in [0, 0.1) is 11.3 Å². The van der Waals surface area contributed by atoms with Gasteiger partial charge in [-0.15, -0.1) is 0 Å². The first kappa shape index (κ1) is 11.5. The minimum absolute atomic E-state index is 0.311. The van der Waals surface area contributed by atoms with Crippen molar-refractivity contribution < 1.29 is 4.74 Å². The van der Waals surface area contributed by atoms with E-state index in [2.05, 4.69) is 16.3 Å². The highest BCUT2D eigenvalue weighted by atomic mass is 16.5. The van der Waals surface area contributed by atoms with E-state index in [1.807, 2.05) is 0 Å². The second-order valence-corrected chi connectivity index (χ2v) is 5.66. The highest BCUT2D eigenvalue weighted by molar-refractivity contribution is 5.14. The highest BCUT2D eigenvalue weighted by Crippen LogP contribution is 2.33. The fourth-order valence-electron chi connectivity index (χ4n) is 2.98. The van der Waals surface area contributed by atoms with Gasteiger partial charge >= 0.3 is 0 Å². The monoisotopic (exact) mass is 235 g/mol. The molecule has 0 aromatic carbocycles. The van der Waals surface area contributed by atoms with Gasteiger partial charge in [-0.1, -0.05) is 0 Å². The molecule has 4 nitrogen and oxygen atoms in total. The molecular weight excluding hydrogens is 214 g/mol. The number of nitrogens with zero attached hydrogens (tertiary/aromatic N) is 2. The molecule has 3 fully saturated rings. The van der Waals surface area contributed by atoms with Crippen LogP contribution in [0.25, 0.3) is 0 Å². The van der Waals surface area contributed by atoms with E-state index in [9.17, 15) is 5.26 Å². The van der Waals surface area contributed by atoms with Crippen LogP contribution in [-0.2, 0) is 4.74 Å². The van der Waals surface area contributed by atoms with Crippen molar-refractivity contribution >= 4 is 0 Å². The number of ether oxygens (including phenoxy) is 1. The first-order valence-corrected chi connectivity index (χ1v) is 6.83. The van der Waals surface area contributed by atoms with Crippen LogP contribution in [0.4, 0.5) is 0 Å². The zero-order valence-electron chi connectivity index (χ0n) is 10.3. The maximum atomic E-state index is 9.43. The zero-order chi connectivity index (χ0) is 11.7. The van der Waals surface area contributed by atoms with Crippen LogP contribution in [0.15, 0.2) is 0 Å². The summed E-state index contributed by atoms with van der Waals surface area (Å²) in [6, 6.07) is 3.28. The van der Waals surface area contributed by atoms with Gasteiger partial charge in [0.1, 0.15) is 5.54 Å². The molecule has 1 N–H and O–H groups in total. The molecule has 0 spiro atoms. The van der Waals surface area contributed by atoms with E-state index in [4.69, 9.17) is 4.74 Å². The molecule has 3 rings (SSSR count). The molecule has 0 amide bonds. The Morgan fingerprint density at radius 3 is 2.94 bits per heavy atom. The van der Waals surface area contributed by atoms with Crippen molar-refractivity contribution in [3.63, 3.8) is 0 Å². The van der Waals surface area contributed by atoms with Crippen molar-refractivity contribution in [2.45, 2.75) is 49.8 Å². The quantitative estimate of drug-likeness (QED) is 0.786. The van der Waals surface area contributed by atoms with Crippen molar-refractivity contribution in [2.75, 3.05) is 26.2 Å². The second kappa shape index (κ2) is 4.56. The largest absolute Gasteiger partial charge is 0.377 e. The predicted molar refractivity (Wildman–Crippen MR) is 64.5 cm³/mol. The van der Waals surface area contributed by atoms with Gasteiger partial charge in [-0.05, 0) is 32.1 Å². The van der Waals surface area contributed by atoms with Crippen molar-refractivity contribution in [3.05, 3.63) is 0 Å². The van der Waals surface area contributed by atoms with Gasteiger partial charge in [0, 0.05) is 32.3 Å². The lowest BCUT2D eigenvalue weighted by molar-refractivity contribution is 0.104. The Hall–Kier alpha value is -0.630. The third-order valence-corrected chi connectivity index (χ3v) is 4.27. The third kappa shape index (κ3) is 2.47. The average molecular weight is 235 g/mol. The lowest BCUT2D eigenvalue weighted by Crippen LogP contribution is -2.49. The van der Waals surface area contributed by atoms with Crippen molar-refractivity contribution in [1.29, 1.82) is 5.26 Å². The molecule has 0 aromatic rings. The maximum absolute atomic E-state index is 9.43. The maximum Gasteiger partial charge on any atom is 0.120 e. The van der Waals surface area contributed by atoms with Gasteiger partial charge in [-0.2, -0.15) is 5.26 Å². The molecule has 1 saturated carbocycles. The normalized spacial score (nSPS) is 38.4. The summed E-state index contributed by atoms with van der Waals surface area (Å²) in [4.78, 5) is 2.48. The molecular formula is C13H21N3O. The Morgan fingerprint density at radius 2 is 2.29 bits per heavy atom. The van der Waals surface area contributed by atoms with Crippen LogP contribution in [0.2, 0.25) is 0 Å². The van der Waals surface area contributed by atoms with Gasteiger partial charge in [0.2, 0.25) is 0 Å². The predicted octanol–water partition coefficient (Wildman–Crippen LogP) is 0.885. The van der Waals surface area contributed by atoms with Crippen LogP contribution in [0.5, 0.6) is 0 Å². The van der Waals surface area contributed by atoms with Crippen molar-refractivity contribution in [3.8, 4) is 6.07 Å². The molecule has 4 heteroatoms. The molecule has 0 radical (unpaired) electrons. The summed E-state index contributed by atoms with van der Waals surface area (Å²) in [7, 11) is 0. The van der Waals surface area contributed by atoms with Gasteiger partial charge in [-0.25, -0.2) is 0 Å². The van der Waals surface area contributed by atoms with Crippen LogP contribution < -0.4 is 5.32 Å². The number of nitriles is 1. The SMILES string of the molecule is N#CC1(NCC2CCCO2)CCN(C2CC2)C1. The Bertz CT molecular complexity index is 317. The van der Waals surface area contributed by atoms with E-state index >= 15 is 0 Å². The molecule has 2 aliphatic heterocycles. The number of likely N-dealkylation sites (tertiary alicyclic amines) is 1. The molecule has 2 unspecified atom stereocenters. The summed E-state index contributed by atoms with van der Waals surface area (Å²) in [5.41, 5.74) is -0.311. The standard InChI is InChI=1S/C13H21N3O/c14-9-13(15-8-12-2-1-7-17-12)5-6-16(10-13)11-3-4-11/h11-12,15H,1-8,10H2. The molecule has 17 heavy (non-hydrogen) atoms. The number of hydrogen-bond donors (Lipinski definition) is 1. The smallest absolute Gasteiger partial charge is 0.120 e. The Balaban J connectivity index is 1.53. The average Bonchev–Trinajstić information content (AvgIpc) is 2.93. The van der Waals surface area contributed by atoms with Gasteiger partial charge < -0.3 is 4.74 Å². The summed E-state index contributed by atoms with van der Waals surface area (Å²) >= 11 is 0. The molecule has 94 valence electrons. The van der Waals surface area contributed by atoms with E-state index in [0.29, 0.717) is 6.10 Å². The zero-order valence-corrected chi connectivity index (χ0v) is 10.3. The van der Waals surface area contributed by atoms with Gasteiger partial charge in [0.05, 0.1) is 12.2 Å². The minimum atomic E-state index is -0.311. The summed E-state index contributed by atoms with van der Waals surface area (Å²) in [5.74, 6) is 0. The van der Waals surface area contributed by atoms with Gasteiger partial charge in [0.25, 0.3) is 0 Å². The van der Waals surface area contributed by atoms with E-state index in [-0.39, 0.29) is 5.54 Å². The lowest BCUT2D eigenvalue weighted by Gasteiger charge is -2.25. The summed E-state index contributed by atoms with van der Waals surface area (Å²) in [5, 5.41) is 12.9. The second-order valence-electron chi connectivity index (χ2n) is 5.66. The minimum Gasteiger partial charge on any atom is -0.377 e. The fourth-order valence-corrected chi connectivity index (χ4v) is 2.98. The van der Waals surface area contributed by atoms with E-state index in [0.717, 1.165) is 45.1 Å². The molecule has 2 heterocycles. The number of hydrogen-bond acceptors (Lipinski definition) is 4. The lowest BCUT2D eigenvalue weighted by atomic mass is 10.0. The van der Waals surface area contributed by atoms with E-state index < -0.39 is 0 Å². The highest BCUT2D eigenvalue weighted by Gasteiger charge is 2.43. The Labute approximate surface area is 103 Å². The fraction of sp³-hybridized carbons (Fsp3) is 0.923. The first-order chi connectivity index (χ1) is 8.31. The first-order valence-electron chi connectivity index (χ1n) is 6.83. The van der Waals surface area contributed by atoms with Crippen LogP contribution in [-0.4, -0.2) is 48.8 Å². The van der Waals surface area contributed by atoms with Gasteiger partial charge in [0.15, 0.2) is 0 Å². The van der Waals surface area contributed by atoms with Crippen molar-refractivity contribution in [2.24, 2.45) is 0 Å². The molecule has 0 aromatic heterocycles. The molecule has 1 aliphatic carbocycles. The molecule has 2 saturated heterocycles. The van der Waals surface area contributed by atoms with Crippen LogP contribution in [0.3, 0.4) is 0 Å². The summed E-state index contributed by atoms with van der Waals surface area (Å²) in [6.45, 7) is 3.71. The number of rotatable bonds is 4. The van der Waals surface area contributed by atoms with Gasteiger partial charge in [-0.3, -0.25) is 10.2 Å². The topological polar surface area (TPSA) is 48.3 Å². The van der Waals surface area contributed by atoms with E-state index in [1.54, 1.807) is 0 Å². The molecule has 0 bridgehead atoms. The third-order valence-electron chi connectivity index (χ3n) is 4.27. The Kier molecular flexibility index (Phi) is 3.08. The summed E-state index contributed by atoms with van der Waals surface area (Å²) < 4.78 is 5.60. The molecule has 3 aliphatic rings. The summed E-state index contributed by atoms with van der Waals surface area (Å²) in [6.07, 6.45) is 6.25. The van der Waals surface area contributed by atoms with Crippen LogP contribution in [0.1, 0.15) is 32.1 Å². The van der Waals surface area contributed by atoms with Crippen molar-refractivity contribution in [1.82, 2.24) is 10.2 Å². The Morgan fingerprint density at radius 1 is 1.41 bits per heavy atom. The number of nitrogens with one attached hydrogen (secondary N) is 1. The van der Waals surface area contributed by atoms with Crippen LogP contribution >= 0.6 is 0 Å². The molecule has 2 atom stereocenters.